The molecule has 0 aliphatic carbocycles. The van der Waals surface area contributed by atoms with E-state index in [0.29, 0.717) is 0 Å². The first-order valence-electron chi connectivity index (χ1n) is 5.56. The van der Waals surface area contributed by atoms with E-state index < -0.39 is 0 Å². The van der Waals surface area contributed by atoms with Gasteiger partial charge in [0.25, 0.3) is 0 Å². The average molecular weight is 262 g/mol. The first-order chi connectivity index (χ1) is 8.74. The van der Waals surface area contributed by atoms with Crippen molar-refractivity contribution in [1.29, 1.82) is 0 Å². The predicted octanol–water partition coefficient (Wildman–Crippen LogP) is 2.15. The fraction of sp³-hybridized carbons (Fsp3) is 0.250. The largest absolute Gasteiger partial charge is 0.508 e. The highest BCUT2D eigenvalue weighted by Crippen LogP contribution is 2.14. The molecule has 2 aromatic rings. The van der Waals surface area contributed by atoms with Gasteiger partial charge in [-0.05, 0) is 24.0 Å². The Morgan fingerprint density at radius 1 is 1.44 bits per heavy atom. The number of aromatic hydroxyl groups is 1. The minimum absolute atomic E-state index is 0.225. The minimum atomic E-state index is 0.225. The Morgan fingerprint density at radius 3 is 2.94 bits per heavy atom. The van der Waals surface area contributed by atoms with E-state index in [1.54, 1.807) is 29.1 Å². The molecule has 0 saturated heterocycles. The van der Waals surface area contributed by atoms with E-state index in [1.807, 2.05) is 19.2 Å². The molecule has 0 amide bonds. The Kier molecular flexibility index (Phi) is 3.99. The van der Waals surface area contributed by atoms with Crippen LogP contribution >= 0.6 is 11.8 Å². The highest BCUT2D eigenvalue weighted by atomic mass is 32.2. The van der Waals surface area contributed by atoms with Crippen LogP contribution in [0, 0.1) is 0 Å². The molecule has 0 spiro atoms. The lowest BCUT2D eigenvalue weighted by Gasteiger charge is -2.00. The number of nitrogens with zero attached hydrogens (tertiary/aromatic N) is 4. The number of hydrogen-bond acceptors (Lipinski definition) is 5. The molecule has 1 N–H and O–H groups in total. The Labute approximate surface area is 110 Å². The second-order valence-corrected chi connectivity index (χ2v) is 4.38. The quantitative estimate of drug-likeness (QED) is 0.677. The third kappa shape index (κ3) is 2.70. The van der Waals surface area contributed by atoms with Crippen LogP contribution in [0.1, 0.15) is 18.3 Å². The number of aryl methyl sites for hydroxylation is 1. The Morgan fingerprint density at radius 2 is 2.28 bits per heavy atom. The average Bonchev–Trinajstić information content (AvgIpc) is 2.78. The molecule has 18 heavy (non-hydrogen) atoms. The van der Waals surface area contributed by atoms with Crippen molar-refractivity contribution >= 4 is 18.0 Å². The van der Waals surface area contributed by atoms with E-state index in [2.05, 4.69) is 15.3 Å². The molecule has 0 saturated carbocycles. The molecule has 94 valence electrons. The monoisotopic (exact) mass is 262 g/mol. The first-order valence-corrected chi connectivity index (χ1v) is 6.78. The molecular formula is C12H14N4OS. The fourth-order valence-electron chi connectivity index (χ4n) is 1.49. The second-order valence-electron chi connectivity index (χ2n) is 3.61. The molecule has 0 radical (unpaired) electrons. The standard InChI is InChI=1S/C12H14N4OS/c1-3-11-14-15-12(18-2)16(11)13-8-9-5-4-6-10(17)7-9/h4-8,17H,3H2,1-2H3/b13-8-. The van der Waals surface area contributed by atoms with Crippen molar-refractivity contribution in [1.82, 2.24) is 14.9 Å². The van der Waals surface area contributed by atoms with Gasteiger partial charge in [0.1, 0.15) is 5.75 Å². The first kappa shape index (κ1) is 12.6. The molecule has 6 heteroatoms. The van der Waals surface area contributed by atoms with E-state index >= 15 is 0 Å². The second kappa shape index (κ2) is 5.68. The minimum Gasteiger partial charge on any atom is -0.508 e. The van der Waals surface area contributed by atoms with Crippen LogP contribution in [0.15, 0.2) is 34.5 Å². The normalized spacial score (nSPS) is 11.2. The Balaban J connectivity index is 2.30. The van der Waals surface area contributed by atoms with Gasteiger partial charge in [-0.2, -0.15) is 9.78 Å². The maximum atomic E-state index is 9.37. The highest BCUT2D eigenvalue weighted by molar-refractivity contribution is 7.98. The van der Waals surface area contributed by atoms with Crippen molar-refractivity contribution in [3.05, 3.63) is 35.7 Å². The van der Waals surface area contributed by atoms with Gasteiger partial charge < -0.3 is 5.11 Å². The summed E-state index contributed by atoms with van der Waals surface area (Å²) in [7, 11) is 0. The van der Waals surface area contributed by atoms with Crippen molar-refractivity contribution in [2.24, 2.45) is 5.10 Å². The van der Waals surface area contributed by atoms with Gasteiger partial charge in [0.05, 0.1) is 6.21 Å². The van der Waals surface area contributed by atoms with Gasteiger partial charge in [0.15, 0.2) is 5.82 Å². The summed E-state index contributed by atoms with van der Waals surface area (Å²) in [5, 5.41) is 22.6. The van der Waals surface area contributed by atoms with Crippen LogP contribution in [0.25, 0.3) is 0 Å². The Hall–Kier alpha value is -1.82. The van der Waals surface area contributed by atoms with Crippen molar-refractivity contribution in [3.63, 3.8) is 0 Å². The third-order valence-corrected chi connectivity index (χ3v) is 2.99. The molecule has 5 nitrogen and oxygen atoms in total. The van der Waals surface area contributed by atoms with E-state index in [1.165, 1.54) is 11.8 Å². The number of hydrogen-bond donors (Lipinski definition) is 1. The predicted molar refractivity (Wildman–Crippen MR) is 72.3 cm³/mol. The number of rotatable bonds is 4. The van der Waals surface area contributed by atoms with Crippen LogP contribution in [-0.4, -0.2) is 32.5 Å². The van der Waals surface area contributed by atoms with Gasteiger partial charge in [0.2, 0.25) is 5.16 Å². The molecule has 0 fully saturated rings. The molecular weight excluding hydrogens is 248 g/mol. The van der Waals surface area contributed by atoms with Crippen LogP contribution in [0.5, 0.6) is 5.75 Å². The molecule has 1 heterocycles. The summed E-state index contributed by atoms with van der Waals surface area (Å²) in [5.41, 5.74) is 0.831. The van der Waals surface area contributed by atoms with Crippen molar-refractivity contribution in [3.8, 4) is 5.75 Å². The number of benzene rings is 1. The van der Waals surface area contributed by atoms with Crippen LogP contribution in [0.4, 0.5) is 0 Å². The lowest BCUT2D eigenvalue weighted by Crippen LogP contribution is -1.98. The molecule has 0 bridgehead atoms. The SMILES string of the molecule is CCc1nnc(SC)n1/N=C\c1cccc(O)c1. The van der Waals surface area contributed by atoms with Crippen LogP contribution in [-0.2, 0) is 6.42 Å². The van der Waals surface area contributed by atoms with Gasteiger partial charge in [-0.1, -0.05) is 30.8 Å². The topological polar surface area (TPSA) is 63.3 Å². The summed E-state index contributed by atoms with van der Waals surface area (Å²) < 4.78 is 1.72. The summed E-state index contributed by atoms with van der Waals surface area (Å²) in [5.74, 6) is 1.04. The van der Waals surface area contributed by atoms with Gasteiger partial charge in [-0.3, -0.25) is 0 Å². The molecule has 2 rings (SSSR count). The van der Waals surface area contributed by atoms with Crippen molar-refractivity contribution in [2.75, 3.05) is 6.26 Å². The van der Waals surface area contributed by atoms with Crippen molar-refractivity contribution in [2.45, 2.75) is 18.5 Å². The number of phenols is 1. The van der Waals surface area contributed by atoms with Crippen LogP contribution in [0.3, 0.4) is 0 Å². The van der Waals surface area contributed by atoms with E-state index in [-0.39, 0.29) is 5.75 Å². The molecule has 0 unspecified atom stereocenters. The summed E-state index contributed by atoms with van der Waals surface area (Å²) in [6.45, 7) is 2.01. The Bertz CT molecular complexity index is 543. The zero-order valence-corrected chi connectivity index (χ0v) is 11.1. The van der Waals surface area contributed by atoms with Crippen LogP contribution in [0.2, 0.25) is 0 Å². The van der Waals surface area contributed by atoms with E-state index in [9.17, 15) is 5.11 Å². The summed E-state index contributed by atoms with van der Waals surface area (Å²) >= 11 is 1.50. The fourth-order valence-corrected chi connectivity index (χ4v) is 1.94. The highest BCUT2D eigenvalue weighted by Gasteiger charge is 2.07. The van der Waals surface area contributed by atoms with Gasteiger partial charge in [0, 0.05) is 6.42 Å². The molecule has 1 aromatic heterocycles. The maximum Gasteiger partial charge on any atom is 0.211 e. The smallest absolute Gasteiger partial charge is 0.211 e. The van der Waals surface area contributed by atoms with E-state index in [4.69, 9.17) is 0 Å². The molecule has 0 aliphatic rings. The maximum absolute atomic E-state index is 9.37. The van der Waals surface area contributed by atoms with E-state index in [0.717, 1.165) is 23.0 Å². The zero-order valence-electron chi connectivity index (χ0n) is 10.2. The number of thioether (sulfide) groups is 1. The summed E-state index contributed by atoms with van der Waals surface area (Å²) in [4.78, 5) is 0. The zero-order chi connectivity index (χ0) is 13.0. The van der Waals surface area contributed by atoms with Gasteiger partial charge in [-0.25, -0.2) is 0 Å². The van der Waals surface area contributed by atoms with Crippen LogP contribution < -0.4 is 0 Å². The van der Waals surface area contributed by atoms with Gasteiger partial charge in [-0.15, -0.1) is 10.2 Å². The molecule has 0 atom stereocenters. The van der Waals surface area contributed by atoms with Gasteiger partial charge >= 0.3 is 0 Å². The lowest BCUT2D eigenvalue weighted by molar-refractivity contribution is 0.475. The number of aromatic nitrogens is 3. The summed E-state index contributed by atoms with van der Waals surface area (Å²) in [6, 6.07) is 6.93. The number of phenolic OH excluding ortho intramolecular Hbond substituents is 1. The molecule has 0 aliphatic heterocycles. The third-order valence-electron chi connectivity index (χ3n) is 2.37. The molecule has 1 aromatic carbocycles. The van der Waals surface area contributed by atoms with Crippen molar-refractivity contribution < 1.29 is 5.11 Å². The summed E-state index contributed by atoms with van der Waals surface area (Å²) in [6.07, 6.45) is 4.39. The lowest BCUT2D eigenvalue weighted by atomic mass is 10.2.